The van der Waals surface area contributed by atoms with Crippen LogP contribution in [-0.4, -0.2) is 31.8 Å². The Bertz CT molecular complexity index is 338. The van der Waals surface area contributed by atoms with Gasteiger partial charge in [0, 0.05) is 26.8 Å². The molecular formula is C12H17ClN2O. The minimum atomic E-state index is 0.566. The summed E-state index contributed by atoms with van der Waals surface area (Å²) in [6.07, 6.45) is 2.34. The van der Waals surface area contributed by atoms with Gasteiger partial charge in [0.25, 0.3) is 0 Å². The molecule has 2 heterocycles. The fourth-order valence-corrected chi connectivity index (χ4v) is 2.30. The SMILES string of the molecule is COCC1CCN(c2cccc(Cl)n2)CC1. The second-order valence-electron chi connectivity index (χ2n) is 4.20. The predicted molar refractivity (Wildman–Crippen MR) is 66.1 cm³/mol. The number of pyridine rings is 1. The normalized spacial score (nSPS) is 17.8. The third-order valence-corrected chi connectivity index (χ3v) is 3.25. The van der Waals surface area contributed by atoms with Crippen molar-refractivity contribution in [2.75, 3.05) is 31.7 Å². The van der Waals surface area contributed by atoms with Gasteiger partial charge in [-0.05, 0) is 30.9 Å². The molecule has 0 aromatic carbocycles. The molecular weight excluding hydrogens is 224 g/mol. The van der Waals surface area contributed by atoms with Crippen LogP contribution in [0.5, 0.6) is 0 Å². The molecule has 4 heteroatoms. The zero-order chi connectivity index (χ0) is 11.4. The van der Waals surface area contributed by atoms with Gasteiger partial charge in [0.1, 0.15) is 11.0 Å². The third-order valence-electron chi connectivity index (χ3n) is 3.04. The summed E-state index contributed by atoms with van der Waals surface area (Å²) in [6.45, 7) is 2.96. The van der Waals surface area contributed by atoms with E-state index in [-0.39, 0.29) is 0 Å². The van der Waals surface area contributed by atoms with Crippen molar-refractivity contribution in [3.05, 3.63) is 23.4 Å². The number of hydrogen-bond donors (Lipinski definition) is 0. The molecule has 0 amide bonds. The van der Waals surface area contributed by atoms with Crippen LogP contribution in [0.1, 0.15) is 12.8 Å². The molecule has 1 aromatic heterocycles. The summed E-state index contributed by atoms with van der Waals surface area (Å²) in [5.41, 5.74) is 0. The molecule has 3 nitrogen and oxygen atoms in total. The Morgan fingerprint density at radius 3 is 2.81 bits per heavy atom. The van der Waals surface area contributed by atoms with E-state index < -0.39 is 0 Å². The monoisotopic (exact) mass is 240 g/mol. The number of nitrogens with zero attached hydrogens (tertiary/aromatic N) is 2. The fraction of sp³-hybridized carbons (Fsp3) is 0.583. The van der Waals surface area contributed by atoms with Gasteiger partial charge in [0.05, 0.1) is 0 Å². The summed E-state index contributed by atoms with van der Waals surface area (Å²) < 4.78 is 5.19. The van der Waals surface area contributed by atoms with Crippen LogP contribution in [0.4, 0.5) is 5.82 Å². The van der Waals surface area contributed by atoms with Gasteiger partial charge in [0.2, 0.25) is 0 Å². The molecule has 0 N–H and O–H groups in total. The van der Waals surface area contributed by atoms with Crippen molar-refractivity contribution in [3.63, 3.8) is 0 Å². The van der Waals surface area contributed by atoms with Crippen molar-refractivity contribution in [2.45, 2.75) is 12.8 Å². The van der Waals surface area contributed by atoms with E-state index >= 15 is 0 Å². The zero-order valence-corrected chi connectivity index (χ0v) is 10.3. The van der Waals surface area contributed by atoms with E-state index in [1.54, 1.807) is 7.11 Å². The van der Waals surface area contributed by atoms with Crippen molar-refractivity contribution in [2.24, 2.45) is 5.92 Å². The topological polar surface area (TPSA) is 25.4 Å². The molecule has 0 atom stereocenters. The van der Waals surface area contributed by atoms with Crippen molar-refractivity contribution in [1.29, 1.82) is 0 Å². The average molecular weight is 241 g/mol. The van der Waals surface area contributed by atoms with Gasteiger partial charge in [-0.15, -0.1) is 0 Å². The first-order valence-electron chi connectivity index (χ1n) is 5.66. The molecule has 1 aliphatic heterocycles. The van der Waals surface area contributed by atoms with Crippen LogP contribution in [0.15, 0.2) is 18.2 Å². The largest absolute Gasteiger partial charge is 0.384 e. The maximum atomic E-state index is 5.88. The number of hydrogen-bond acceptors (Lipinski definition) is 3. The first kappa shape index (κ1) is 11.7. The molecule has 0 unspecified atom stereocenters. The van der Waals surface area contributed by atoms with E-state index in [0.717, 1.165) is 25.5 Å². The van der Waals surface area contributed by atoms with Gasteiger partial charge in [0.15, 0.2) is 0 Å². The van der Waals surface area contributed by atoms with Crippen LogP contribution in [-0.2, 0) is 4.74 Å². The van der Waals surface area contributed by atoms with E-state index in [2.05, 4.69) is 9.88 Å². The first-order chi connectivity index (χ1) is 7.79. The number of rotatable bonds is 3. The molecule has 16 heavy (non-hydrogen) atoms. The summed E-state index contributed by atoms with van der Waals surface area (Å²) in [6, 6.07) is 5.77. The van der Waals surface area contributed by atoms with Crippen LogP contribution >= 0.6 is 11.6 Å². The lowest BCUT2D eigenvalue weighted by atomic mass is 9.98. The van der Waals surface area contributed by atoms with Crippen LogP contribution in [0.2, 0.25) is 5.15 Å². The van der Waals surface area contributed by atoms with E-state index in [0.29, 0.717) is 11.1 Å². The van der Waals surface area contributed by atoms with Crippen LogP contribution in [0.25, 0.3) is 0 Å². The lowest BCUT2D eigenvalue weighted by molar-refractivity contribution is 0.139. The van der Waals surface area contributed by atoms with Crippen molar-refractivity contribution < 1.29 is 4.74 Å². The number of methoxy groups -OCH3 is 1. The molecule has 1 fully saturated rings. The second-order valence-corrected chi connectivity index (χ2v) is 4.59. The zero-order valence-electron chi connectivity index (χ0n) is 9.53. The van der Waals surface area contributed by atoms with Gasteiger partial charge in [-0.25, -0.2) is 4.98 Å². The number of piperidine rings is 1. The summed E-state index contributed by atoms with van der Waals surface area (Å²) in [5, 5.41) is 0.566. The molecule has 0 spiro atoms. The number of halogens is 1. The highest BCUT2D eigenvalue weighted by molar-refractivity contribution is 6.29. The Hall–Kier alpha value is -0.800. The van der Waals surface area contributed by atoms with Crippen molar-refractivity contribution >= 4 is 17.4 Å². The maximum absolute atomic E-state index is 5.88. The Morgan fingerprint density at radius 2 is 2.19 bits per heavy atom. The van der Waals surface area contributed by atoms with Crippen LogP contribution in [0, 0.1) is 5.92 Å². The Labute approximate surface area is 101 Å². The summed E-state index contributed by atoms with van der Waals surface area (Å²) in [4.78, 5) is 6.62. The maximum Gasteiger partial charge on any atom is 0.131 e. The second kappa shape index (κ2) is 5.51. The smallest absolute Gasteiger partial charge is 0.131 e. The highest BCUT2D eigenvalue weighted by Crippen LogP contribution is 2.22. The number of ether oxygens (including phenoxy) is 1. The summed E-state index contributed by atoms with van der Waals surface area (Å²) in [7, 11) is 1.77. The molecule has 88 valence electrons. The number of anilines is 1. The average Bonchev–Trinajstić information content (AvgIpc) is 2.30. The Balaban J connectivity index is 1.94. The number of aromatic nitrogens is 1. The van der Waals surface area contributed by atoms with Gasteiger partial charge in [-0.1, -0.05) is 17.7 Å². The molecule has 0 bridgehead atoms. The van der Waals surface area contributed by atoms with Gasteiger partial charge in [-0.3, -0.25) is 0 Å². The highest BCUT2D eigenvalue weighted by atomic mass is 35.5. The quantitative estimate of drug-likeness (QED) is 0.760. The minimum Gasteiger partial charge on any atom is -0.384 e. The molecule has 2 rings (SSSR count). The molecule has 1 aliphatic rings. The van der Waals surface area contributed by atoms with Gasteiger partial charge >= 0.3 is 0 Å². The van der Waals surface area contributed by atoms with Gasteiger partial charge in [-0.2, -0.15) is 0 Å². The highest BCUT2D eigenvalue weighted by Gasteiger charge is 2.19. The lowest BCUT2D eigenvalue weighted by Crippen LogP contribution is -2.35. The van der Waals surface area contributed by atoms with Gasteiger partial charge < -0.3 is 9.64 Å². The molecule has 1 saturated heterocycles. The van der Waals surface area contributed by atoms with E-state index in [1.807, 2.05) is 18.2 Å². The van der Waals surface area contributed by atoms with E-state index in [4.69, 9.17) is 16.3 Å². The van der Waals surface area contributed by atoms with Crippen molar-refractivity contribution in [3.8, 4) is 0 Å². The standard InChI is InChI=1S/C12H17ClN2O/c1-16-9-10-5-7-15(8-6-10)12-4-2-3-11(13)14-12/h2-4,10H,5-9H2,1H3. The van der Waals surface area contributed by atoms with E-state index in [1.165, 1.54) is 12.8 Å². The molecule has 0 aliphatic carbocycles. The van der Waals surface area contributed by atoms with Crippen LogP contribution < -0.4 is 4.90 Å². The molecule has 1 aromatic rings. The Kier molecular flexibility index (Phi) is 4.02. The Morgan fingerprint density at radius 1 is 1.44 bits per heavy atom. The summed E-state index contributed by atoms with van der Waals surface area (Å²) >= 11 is 5.88. The first-order valence-corrected chi connectivity index (χ1v) is 6.04. The predicted octanol–water partition coefficient (Wildman–Crippen LogP) is 2.60. The minimum absolute atomic E-state index is 0.566. The van der Waals surface area contributed by atoms with Crippen molar-refractivity contribution in [1.82, 2.24) is 4.98 Å². The summed E-state index contributed by atoms with van der Waals surface area (Å²) in [5.74, 6) is 1.68. The van der Waals surface area contributed by atoms with Crippen LogP contribution in [0.3, 0.4) is 0 Å². The lowest BCUT2D eigenvalue weighted by Gasteiger charge is -2.32. The fourth-order valence-electron chi connectivity index (χ4n) is 2.14. The molecule has 0 radical (unpaired) electrons. The van der Waals surface area contributed by atoms with E-state index in [9.17, 15) is 0 Å². The molecule has 0 saturated carbocycles. The third kappa shape index (κ3) is 2.86.